The number of rotatable bonds is 3. The lowest BCUT2D eigenvalue weighted by Gasteiger charge is -2.07. The minimum Gasteiger partial charge on any atom is -0.264 e. The van der Waals surface area contributed by atoms with Crippen LogP contribution in [0.4, 0.5) is 0 Å². The van der Waals surface area contributed by atoms with Gasteiger partial charge < -0.3 is 0 Å². The van der Waals surface area contributed by atoms with Crippen molar-refractivity contribution in [3.05, 3.63) is 30.1 Å². The highest BCUT2D eigenvalue weighted by Gasteiger charge is 2.14. The maximum absolute atomic E-state index is 4.13. The summed E-state index contributed by atoms with van der Waals surface area (Å²) in [5.74, 6) is 1.00. The molecule has 0 aromatic carbocycles. The average Bonchev–Trinajstić information content (AvgIpc) is 2.69. The molecule has 0 aliphatic heterocycles. The fraction of sp³-hybridized carbons (Fsp3) is 0.583. The quantitative estimate of drug-likeness (QED) is 0.687. The Morgan fingerprint density at radius 3 is 2.85 bits per heavy atom. The molecular formula is C12H17N. The standard InChI is InChI=1S/C12H17N/c1-2-5-11(4-1)7-8-12-6-3-9-13-10-12/h3,6,9-11H,1-2,4-5,7-8H2. The molecule has 1 heteroatoms. The topological polar surface area (TPSA) is 12.9 Å². The number of hydrogen-bond donors (Lipinski definition) is 0. The van der Waals surface area contributed by atoms with Crippen LogP contribution in [-0.2, 0) is 6.42 Å². The molecule has 2 rings (SSSR count). The summed E-state index contributed by atoms with van der Waals surface area (Å²) in [6, 6.07) is 4.21. The van der Waals surface area contributed by atoms with Gasteiger partial charge >= 0.3 is 0 Å². The fourth-order valence-corrected chi connectivity index (χ4v) is 2.22. The van der Waals surface area contributed by atoms with E-state index in [0.29, 0.717) is 0 Å². The summed E-state index contributed by atoms with van der Waals surface area (Å²) in [6.07, 6.45) is 12.3. The van der Waals surface area contributed by atoms with Crippen molar-refractivity contribution in [1.29, 1.82) is 0 Å². The number of aromatic nitrogens is 1. The van der Waals surface area contributed by atoms with E-state index in [9.17, 15) is 0 Å². The number of nitrogens with zero attached hydrogens (tertiary/aromatic N) is 1. The Morgan fingerprint density at radius 1 is 1.31 bits per heavy atom. The van der Waals surface area contributed by atoms with Gasteiger partial charge in [0.1, 0.15) is 0 Å². The number of hydrogen-bond acceptors (Lipinski definition) is 1. The van der Waals surface area contributed by atoms with Crippen molar-refractivity contribution in [1.82, 2.24) is 4.98 Å². The van der Waals surface area contributed by atoms with E-state index in [4.69, 9.17) is 0 Å². The van der Waals surface area contributed by atoms with E-state index in [-0.39, 0.29) is 0 Å². The predicted octanol–water partition coefficient (Wildman–Crippen LogP) is 3.20. The fourth-order valence-electron chi connectivity index (χ4n) is 2.22. The molecular weight excluding hydrogens is 158 g/mol. The Balaban J connectivity index is 1.79. The van der Waals surface area contributed by atoms with Crippen molar-refractivity contribution >= 4 is 0 Å². The molecule has 1 heterocycles. The Labute approximate surface area is 80.2 Å². The van der Waals surface area contributed by atoms with Crippen LogP contribution in [0.25, 0.3) is 0 Å². The molecule has 0 amide bonds. The molecule has 0 atom stereocenters. The van der Waals surface area contributed by atoms with Crippen molar-refractivity contribution < 1.29 is 0 Å². The highest BCUT2D eigenvalue weighted by atomic mass is 14.6. The smallest absolute Gasteiger partial charge is 0.0299 e. The Bertz CT molecular complexity index is 237. The van der Waals surface area contributed by atoms with E-state index in [1.54, 1.807) is 0 Å². The van der Waals surface area contributed by atoms with Crippen LogP contribution in [0.15, 0.2) is 24.5 Å². The van der Waals surface area contributed by atoms with Crippen LogP contribution in [0, 0.1) is 5.92 Å². The highest BCUT2D eigenvalue weighted by Crippen LogP contribution is 2.28. The van der Waals surface area contributed by atoms with Gasteiger partial charge in [-0.15, -0.1) is 0 Å². The second-order valence-electron chi connectivity index (χ2n) is 4.05. The molecule has 0 N–H and O–H groups in total. The van der Waals surface area contributed by atoms with Crippen molar-refractivity contribution in [2.24, 2.45) is 5.92 Å². The maximum atomic E-state index is 4.13. The van der Waals surface area contributed by atoms with E-state index < -0.39 is 0 Å². The lowest BCUT2D eigenvalue weighted by Crippen LogP contribution is -1.96. The van der Waals surface area contributed by atoms with Gasteiger partial charge in [-0.2, -0.15) is 0 Å². The molecule has 1 saturated carbocycles. The molecule has 0 unspecified atom stereocenters. The monoisotopic (exact) mass is 175 g/mol. The first-order valence-corrected chi connectivity index (χ1v) is 5.34. The van der Waals surface area contributed by atoms with Gasteiger partial charge in [0.2, 0.25) is 0 Å². The molecule has 1 aromatic heterocycles. The van der Waals surface area contributed by atoms with Crippen LogP contribution >= 0.6 is 0 Å². The molecule has 0 radical (unpaired) electrons. The molecule has 0 spiro atoms. The summed E-state index contributed by atoms with van der Waals surface area (Å²) < 4.78 is 0. The van der Waals surface area contributed by atoms with Gasteiger partial charge in [0, 0.05) is 12.4 Å². The van der Waals surface area contributed by atoms with Gasteiger partial charge in [-0.1, -0.05) is 31.7 Å². The van der Waals surface area contributed by atoms with Crippen molar-refractivity contribution in [2.75, 3.05) is 0 Å². The summed E-state index contributed by atoms with van der Waals surface area (Å²) in [7, 11) is 0. The van der Waals surface area contributed by atoms with Crippen LogP contribution < -0.4 is 0 Å². The SMILES string of the molecule is c1cncc(CCC2CCCC2)c1. The average molecular weight is 175 g/mol. The Hall–Kier alpha value is -0.850. The number of aryl methyl sites for hydroxylation is 1. The molecule has 1 aliphatic carbocycles. The third-order valence-electron chi connectivity index (χ3n) is 3.04. The molecule has 70 valence electrons. The minimum atomic E-state index is 1.00. The van der Waals surface area contributed by atoms with Crippen LogP contribution in [0.2, 0.25) is 0 Å². The zero-order valence-corrected chi connectivity index (χ0v) is 8.08. The summed E-state index contributed by atoms with van der Waals surface area (Å²) in [5, 5.41) is 0. The summed E-state index contributed by atoms with van der Waals surface area (Å²) >= 11 is 0. The maximum Gasteiger partial charge on any atom is 0.0299 e. The van der Waals surface area contributed by atoms with E-state index >= 15 is 0 Å². The Morgan fingerprint density at radius 2 is 2.15 bits per heavy atom. The predicted molar refractivity (Wildman–Crippen MR) is 54.5 cm³/mol. The molecule has 1 fully saturated rings. The van der Waals surface area contributed by atoms with E-state index in [1.165, 1.54) is 44.1 Å². The lowest BCUT2D eigenvalue weighted by atomic mass is 9.99. The zero-order valence-electron chi connectivity index (χ0n) is 8.08. The first kappa shape index (κ1) is 8.74. The van der Waals surface area contributed by atoms with Gasteiger partial charge in [-0.3, -0.25) is 4.98 Å². The van der Waals surface area contributed by atoms with E-state index in [1.807, 2.05) is 18.5 Å². The van der Waals surface area contributed by atoms with Gasteiger partial charge in [0.05, 0.1) is 0 Å². The largest absolute Gasteiger partial charge is 0.264 e. The van der Waals surface area contributed by atoms with Crippen LogP contribution in [0.5, 0.6) is 0 Å². The minimum absolute atomic E-state index is 1.00. The van der Waals surface area contributed by atoms with Crippen LogP contribution in [-0.4, -0.2) is 4.98 Å². The first-order chi connectivity index (χ1) is 6.45. The van der Waals surface area contributed by atoms with Gasteiger partial charge in [-0.25, -0.2) is 0 Å². The third-order valence-corrected chi connectivity index (χ3v) is 3.04. The van der Waals surface area contributed by atoms with Crippen molar-refractivity contribution in [3.8, 4) is 0 Å². The zero-order chi connectivity index (χ0) is 8.93. The second-order valence-corrected chi connectivity index (χ2v) is 4.05. The first-order valence-electron chi connectivity index (χ1n) is 5.34. The van der Waals surface area contributed by atoms with Gasteiger partial charge in [-0.05, 0) is 30.4 Å². The Kier molecular flexibility index (Phi) is 2.96. The van der Waals surface area contributed by atoms with Gasteiger partial charge in [0.25, 0.3) is 0 Å². The van der Waals surface area contributed by atoms with Crippen molar-refractivity contribution in [3.63, 3.8) is 0 Å². The normalized spacial score (nSPS) is 17.8. The highest BCUT2D eigenvalue weighted by molar-refractivity contribution is 5.08. The van der Waals surface area contributed by atoms with Crippen LogP contribution in [0.3, 0.4) is 0 Å². The molecule has 1 nitrogen and oxygen atoms in total. The molecule has 13 heavy (non-hydrogen) atoms. The molecule has 0 saturated heterocycles. The molecule has 1 aromatic rings. The summed E-state index contributed by atoms with van der Waals surface area (Å²) in [6.45, 7) is 0. The lowest BCUT2D eigenvalue weighted by molar-refractivity contribution is 0.503. The van der Waals surface area contributed by atoms with Crippen molar-refractivity contribution in [2.45, 2.75) is 38.5 Å². The third kappa shape index (κ3) is 2.55. The van der Waals surface area contributed by atoms with E-state index in [2.05, 4.69) is 11.1 Å². The molecule has 0 bridgehead atoms. The van der Waals surface area contributed by atoms with Crippen LogP contribution in [0.1, 0.15) is 37.7 Å². The van der Waals surface area contributed by atoms with Gasteiger partial charge in [0.15, 0.2) is 0 Å². The molecule has 1 aliphatic rings. The summed E-state index contributed by atoms with van der Waals surface area (Å²) in [4.78, 5) is 4.13. The number of pyridine rings is 1. The second kappa shape index (κ2) is 4.40. The summed E-state index contributed by atoms with van der Waals surface area (Å²) in [5.41, 5.74) is 1.40. The van der Waals surface area contributed by atoms with E-state index in [0.717, 1.165) is 5.92 Å².